The van der Waals surface area contributed by atoms with Gasteiger partial charge in [0.1, 0.15) is 11.6 Å². The average Bonchev–Trinajstić information content (AvgIpc) is 3.07. The number of benzene rings is 1. The molecule has 1 saturated heterocycles. The van der Waals surface area contributed by atoms with E-state index in [-0.39, 0.29) is 17.9 Å². The van der Waals surface area contributed by atoms with Crippen molar-refractivity contribution in [2.75, 3.05) is 32.5 Å². The molecule has 1 aliphatic rings. The Bertz CT molecular complexity index is 840. The fourth-order valence-corrected chi connectivity index (χ4v) is 3.27. The van der Waals surface area contributed by atoms with E-state index in [0.717, 1.165) is 0 Å². The monoisotopic (exact) mass is 373 g/mol. The van der Waals surface area contributed by atoms with Crippen molar-refractivity contribution in [2.24, 2.45) is 5.92 Å². The fourth-order valence-electron chi connectivity index (χ4n) is 3.27. The van der Waals surface area contributed by atoms with Crippen LogP contribution in [-0.4, -0.2) is 58.5 Å². The molecule has 3 rings (SSSR count). The number of nitrogens with zero attached hydrogens (tertiary/aromatic N) is 4. The second-order valence-corrected chi connectivity index (χ2v) is 6.94. The first-order chi connectivity index (χ1) is 12.9. The number of urea groups is 1. The molecule has 1 N–H and O–H groups in total. The van der Waals surface area contributed by atoms with Crippen molar-refractivity contribution >= 4 is 17.6 Å². The van der Waals surface area contributed by atoms with E-state index < -0.39 is 5.82 Å². The molecule has 144 valence electrons. The number of likely N-dealkylation sites (tertiary alicyclic amines) is 1. The summed E-state index contributed by atoms with van der Waals surface area (Å²) in [5.41, 5.74) is 0.810. The van der Waals surface area contributed by atoms with Crippen molar-refractivity contribution in [2.45, 2.75) is 19.8 Å². The highest BCUT2D eigenvalue weighted by atomic mass is 19.1. The van der Waals surface area contributed by atoms with E-state index in [1.165, 1.54) is 11.0 Å². The SMILES string of the molecule is Cc1nccn1-c1ccc(NC(=O)C2CCN(C(=O)N(C)C)CC2)cc1F. The zero-order valence-corrected chi connectivity index (χ0v) is 15.8. The Morgan fingerprint density at radius 3 is 2.52 bits per heavy atom. The van der Waals surface area contributed by atoms with Gasteiger partial charge >= 0.3 is 6.03 Å². The minimum atomic E-state index is -0.430. The topological polar surface area (TPSA) is 70.5 Å². The number of nitrogens with one attached hydrogen (secondary N) is 1. The van der Waals surface area contributed by atoms with Gasteiger partial charge in [0.05, 0.1) is 5.69 Å². The molecule has 0 unspecified atom stereocenters. The van der Waals surface area contributed by atoms with E-state index >= 15 is 0 Å². The van der Waals surface area contributed by atoms with Gasteiger partial charge in [0, 0.05) is 51.2 Å². The van der Waals surface area contributed by atoms with E-state index in [2.05, 4.69) is 10.3 Å². The minimum absolute atomic E-state index is 0.0405. The number of rotatable bonds is 3. The summed E-state index contributed by atoms with van der Waals surface area (Å²) in [6, 6.07) is 4.58. The van der Waals surface area contributed by atoms with Crippen molar-refractivity contribution < 1.29 is 14.0 Å². The van der Waals surface area contributed by atoms with Gasteiger partial charge in [-0.15, -0.1) is 0 Å². The lowest BCUT2D eigenvalue weighted by Crippen LogP contribution is -2.45. The molecular formula is C19H24FN5O2. The first-order valence-electron chi connectivity index (χ1n) is 8.94. The number of aromatic nitrogens is 2. The van der Waals surface area contributed by atoms with Crippen LogP contribution < -0.4 is 5.32 Å². The van der Waals surface area contributed by atoms with E-state index in [1.54, 1.807) is 55.0 Å². The van der Waals surface area contributed by atoms with E-state index in [0.29, 0.717) is 43.1 Å². The number of hydrogen-bond acceptors (Lipinski definition) is 3. The van der Waals surface area contributed by atoms with E-state index in [1.807, 2.05) is 0 Å². The Kier molecular flexibility index (Phi) is 5.43. The molecule has 1 fully saturated rings. The third-order valence-electron chi connectivity index (χ3n) is 4.82. The lowest BCUT2D eigenvalue weighted by Gasteiger charge is -2.33. The minimum Gasteiger partial charge on any atom is -0.331 e. The van der Waals surface area contributed by atoms with Crippen LogP contribution in [0.1, 0.15) is 18.7 Å². The van der Waals surface area contributed by atoms with Gasteiger partial charge in [-0.1, -0.05) is 0 Å². The summed E-state index contributed by atoms with van der Waals surface area (Å²) < 4.78 is 16.1. The molecule has 8 heteroatoms. The molecule has 7 nitrogen and oxygen atoms in total. The summed E-state index contributed by atoms with van der Waals surface area (Å²) in [6.07, 6.45) is 4.49. The quantitative estimate of drug-likeness (QED) is 0.899. The lowest BCUT2D eigenvalue weighted by molar-refractivity contribution is -0.121. The van der Waals surface area contributed by atoms with Gasteiger partial charge in [-0.05, 0) is 38.0 Å². The maximum absolute atomic E-state index is 14.5. The molecule has 27 heavy (non-hydrogen) atoms. The maximum atomic E-state index is 14.5. The number of piperidine rings is 1. The van der Waals surface area contributed by atoms with E-state index in [4.69, 9.17) is 0 Å². The van der Waals surface area contributed by atoms with Crippen molar-refractivity contribution in [3.05, 3.63) is 42.2 Å². The lowest BCUT2D eigenvalue weighted by atomic mass is 9.96. The largest absolute Gasteiger partial charge is 0.331 e. The third-order valence-corrected chi connectivity index (χ3v) is 4.82. The highest BCUT2D eigenvalue weighted by Gasteiger charge is 2.28. The molecule has 0 bridgehead atoms. The molecule has 1 aliphatic heterocycles. The first kappa shape index (κ1) is 18.9. The fraction of sp³-hybridized carbons (Fsp3) is 0.421. The second kappa shape index (κ2) is 7.77. The van der Waals surface area contributed by atoms with E-state index in [9.17, 15) is 14.0 Å². The Labute approximate surface area is 157 Å². The number of hydrogen-bond donors (Lipinski definition) is 1. The number of aryl methyl sites for hydroxylation is 1. The average molecular weight is 373 g/mol. The van der Waals surface area contributed by atoms with Crippen LogP contribution in [0.15, 0.2) is 30.6 Å². The molecule has 2 aromatic rings. The second-order valence-electron chi connectivity index (χ2n) is 6.94. The number of carbonyl (C=O) groups is 2. The van der Waals surface area contributed by atoms with Gasteiger partial charge in [-0.3, -0.25) is 4.79 Å². The highest BCUT2D eigenvalue weighted by molar-refractivity contribution is 5.92. The molecular weight excluding hydrogens is 349 g/mol. The van der Waals surface area contributed by atoms with Gasteiger partial charge in [-0.25, -0.2) is 14.2 Å². The first-order valence-corrected chi connectivity index (χ1v) is 8.94. The van der Waals surface area contributed by atoms with Crippen LogP contribution in [-0.2, 0) is 4.79 Å². The standard InChI is InChI=1S/C19H24FN5O2/c1-13-21-8-11-25(13)17-5-4-15(12-16(17)20)22-18(26)14-6-9-24(10-7-14)19(27)23(2)3/h4-5,8,11-12,14H,6-7,9-10H2,1-3H3,(H,22,26). The molecule has 0 atom stereocenters. The van der Waals surface area contributed by atoms with Crippen LogP contribution in [0, 0.1) is 18.7 Å². The molecule has 2 heterocycles. The Hall–Kier alpha value is -2.90. The van der Waals surface area contributed by atoms with Gasteiger partial charge in [0.2, 0.25) is 5.91 Å². The number of anilines is 1. The van der Waals surface area contributed by atoms with Gasteiger partial charge in [-0.2, -0.15) is 0 Å². The third kappa shape index (κ3) is 4.10. The molecule has 0 radical (unpaired) electrons. The van der Waals surface area contributed by atoms with Crippen LogP contribution in [0.2, 0.25) is 0 Å². The summed E-state index contributed by atoms with van der Waals surface area (Å²) >= 11 is 0. The van der Waals surface area contributed by atoms with Crippen LogP contribution >= 0.6 is 0 Å². The summed E-state index contributed by atoms with van der Waals surface area (Å²) in [5.74, 6) is -0.0715. The summed E-state index contributed by atoms with van der Waals surface area (Å²) in [4.78, 5) is 31.8. The smallest absolute Gasteiger partial charge is 0.319 e. The molecule has 0 saturated carbocycles. The number of carbonyl (C=O) groups excluding carboxylic acids is 2. The predicted molar refractivity (Wildman–Crippen MR) is 100 cm³/mol. The Morgan fingerprint density at radius 2 is 1.96 bits per heavy atom. The number of imidazole rings is 1. The molecule has 0 aliphatic carbocycles. The summed E-state index contributed by atoms with van der Waals surface area (Å²) in [6.45, 7) is 2.88. The Morgan fingerprint density at radius 1 is 1.26 bits per heavy atom. The molecule has 1 aromatic heterocycles. The van der Waals surface area contributed by atoms with Crippen molar-refractivity contribution in [1.82, 2.24) is 19.4 Å². The van der Waals surface area contributed by atoms with Gasteiger partial charge in [0.15, 0.2) is 0 Å². The van der Waals surface area contributed by atoms with Gasteiger partial charge < -0.3 is 19.7 Å². The zero-order valence-electron chi connectivity index (χ0n) is 15.8. The van der Waals surface area contributed by atoms with Crippen molar-refractivity contribution in [1.29, 1.82) is 0 Å². The van der Waals surface area contributed by atoms with Crippen LogP contribution in [0.25, 0.3) is 5.69 Å². The zero-order chi connectivity index (χ0) is 19.6. The van der Waals surface area contributed by atoms with Crippen molar-refractivity contribution in [3.8, 4) is 5.69 Å². The van der Waals surface area contributed by atoms with Crippen LogP contribution in [0.5, 0.6) is 0 Å². The normalized spacial score (nSPS) is 14.9. The molecule has 3 amide bonds. The van der Waals surface area contributed by atoms with Crippen LogP contribution in [0.4, 0.5) is 14.9 Å². The summed E-state index contributed by atoms with van der Waals surface area (Å²) in [5, 5.41) is 2.79. The van der Waals surface area contributed by atoms with Gasteiger partial charge in [0.25, 0.3) is 0 Å². The number of amides is 3. The van der Waals surface area contributed by atoms with Crippen LogP contribution in [0.3, 0.4) is 0 Å². The number of halogens is 1. The molecule has 1 aromatic carbocycles. The Balaban J connectivity index is 1.61. The predicted octanol–water partition coefficient (Wildman–Crippen LogP) is 2.65. The summed E-state index contributed by atoms with van der Waals surface area (Å²) in [7, 11) is 3.43. The highest BCUT2D eigenvalue weighted by Crippen LogP contribution is 2.23. The maximum Gasteiger partial charge on any atom is 0.319 e. The molecule has 0 spiro atoms. The van der Waals surface area contributed by atoms with Crippen molar-refractivity contribution in [3.63, 3.8) is 0 Å².